The predicted octanol–water partition coefficient (Wildman–Crippen LogP) is 14.3. The van der Waals surface area contributed by atoms with Crippen LogP contribution < -0.4 is 5.32 Å². The highest BCUT2D eigenvalue weighted by molar-refractivity contribution is 7.81. The molecular formula is C91H140N20O22S2. The third-order valence-corrected chi connectivity index (χ3v) is 26.7. The van der Waals surface area contributed by atoms with Crippen molar-refractivity contribution >= 4 is 62.6 Å². The fraction of sp³-hybridized carbons (Fsp3) is 0.703. The summed E-state index contributed by atoms with van der Waals surface area (Å²) >= 11 is 0. The molecule has 0 unspecified atom stereocenters. The number of quaternary nitrogens is 1. The van der Waals surface area contributed by atoms with E-state index in [1.165, 1.54) is 102 Å². The standard InChI is InChI=1S/C20H27N3O4.C19H24N4O3.C16H36N.2C12H18N4O6S.C12H18N4O3/c1-2-3-9-17(24)12-21-19(25)18-11-10-16-13-22(18)20(26)23(16)27-14-15-7-5-4-6-8-15;1-2-3-9-17-20-21-18(26-17)16-11-10-15-12-22(16)19(24)23(15)25-13-14-7-5-4-6-8-14;1-5-9-13-17(14-10-6-2,15-11-7-3)16-12-8-4;2*1-2-3-4-10-13-14-11(21-10)9-6-5-8-7-15(9)12(17)16(8)22-23(18,19)20;1-2-3-4-10-13-14-11(19-10)9-6-5-8-7-15(9)12(17)16(8)18/h4-8,16,18H,2-3,9-14H2,1H3,(H,21,25);4-8,15-16H,2-3,9-13H2,1H3;5-16H2,1-4H3;2*8-9H,2-7H2,1H3,(H,18,19,20);8-9,18H,2-7H2,1H3/q;;+1;;;/p-1/t16-,18+;15-,16+;;3*8-,9+/m11.111/s1. The van der Waals surface area contributed by atoms with Crippen molar-refractivity contribution in [2.45, 2.75) is 348 Å². The summed E-state index contributed by atoms with van der Waals surface area (Å²) in [6.07, 6.45) is 30.9. The molecule has 10 aliphatic heterocycles. The first-order valence-corrected chi connectivity index (χ1v) is 51.6. The molecule has 2 aromatic carbocycles. The molecule has 0 aliphatic carbocycles. The van der Waals surface area contributed by atoms with Crippen LogP contribution in [0.5, 0.6) is 0 Å². The second kappa shape index (κ2) is 51.5. The van der Waals surface area contributed by atoms with Crippen LogP contribution in [0.4, 0.5) is 24.0 Å². The third-order valence-electron chi connectivity index (χ3n) is 26.0. The molecule has 3 N–H and O–H groups in total. The first kappa shape index (κ1) is 106. The monoisotopic (exact) mass is 1930 g/mol. The lowest BCUT2D eigenvalue weighted by atomic mass is 10.0. The first-order valence-electron chi connectivity index (χ1n) is 48.9. The van der Waals surface area contributed by atoms with Crippen LogP contribution in [-0.2, 0) is 87.5 Å². The van der Waals surface area contributed by atoms with E-state index in [4.69, 9.17) is 31.9 Å². The zero-order valence-electron chi connectivity index (χ0n) is 79.7. The molecule has 0 spiro atoms. The zero-order valence-corrected chi connectivity index (χ0v) is 81.4. The van der Waals surface area contributed by atoms with Crippen LogP contribution in [-0.4, -0.2) is 270 Å². The van der Waals surface area contributed by atoms with Gasteiger partial charge in [-0.25, -0.2) is 37.5 Å². The first-order chi connectivity index (χ1) is 65.1. The van der Waals surface area contributed by atoms with E-state index in [2.05, 4.69) is 110 Å². The molecular weight excluding hydrogens is 1790 g/mol. The summed E-state index contributed by atoms with van der Waals surface area (Å²) in [6, 6.07) is 14.9. The second-order valence-electron chi connectivity index (χ2n) is 36.1. The number of piperidine rings is 5. The van der Waals surface area contributed by atoms with Crippen LogP contribution in [0.25, 0.3) is 0 Å². The highest BCUT2D eigenvalue weighted by Gasteiger charge is 2.54. The van der Waals surface area contributed by atoms with Crippen LogP contribution in [0.1, 0.15) is 331 Å². The third kappa shape index (κ3) is 29.1. The molecule has 0 saturated carbocycles. The van der Waals surface area contributed by atoms with Crippen molar-refractivity contribution in [3.8, 4) is 0 Å². The van der Waals surface area contributed by atoms with Crippen molar-refractivity contribution in [1.82, 2.24) is 95.9 Å². The minimum atomic E-state index is -4.99. The Kier molecular flexibility index (Phi) is 40.2. The minimum absolute atomic E-state index is 0.0273. The second-order valence-corrected chi connectivity index (χ2v) is 38.1. The highest BCUT2D eigenvalue weighted by Crippen LogP contribution is 2.43. The number of ketones is 1. The van der Waals surface area contributed by atoms with Crippen LogP contribution in [0, 0.1) is 0 Å². The summed E-state index contributed by atoms with van der Waals surface area (Å²) in [5.74, 6) is 3.83. The topological polar surface area (TPSA) is 488 Å². The SMILES string of the molecule is CCCCC(=O)CNC(=O)[C@@H]1CC[C@@H]2CN1C(=O)N2OCc1ccccc1.CCCC[N+](CCCC)(CCCC)CCCC.CCCCc1nnc([C@@H]2CC[C@@H]3CN2C(=O)N3O)o1.CCCCc1nnc([C@@H]2CC[C@@H]3CN2C(=O)N3OCc2ccccc2)o1.CCCCc1nnc([C@@H]2CC[C@@H]3CN2C(=O)N3OS(=O)(=O)O)o1.CCCCc1nnc([C@@H]2CC[C@@H]3CN2C(=O)N3OS(=O)(=O)[O-])o1. The molecule has 10 aliphatic rings. The van der Waals surface area contributed by atoms with Gasteiger partial charge in [0.1, 0.15) is 43.4 Å². The van der Waals surface area contributed by atoms with E-state index in [1.54, 1.807) is 14.7 Å². The average molecular weight is 1930 g/mol. The maximum atomic E-state index is 12.8. The fourth-order valence-electron chi connectivity index (χ4n) is 18.4. The van der Waals surface area contributed by atoms with Crippen molar-refractivity contribution in [3.05, 3.63) is 119 Å². The van der Waals surface area contributed by atoms with E-state index in [-0.39, 0.29) is 79.6 Å². The summed E-state index contributed by atoms with van der Waals surface area (Å²) in [5, 5.41) is 49.8. The van der Waals surface area contributed by atoms with Gasteiger partial charge in [-0.15, -0.1) is 45.1 Å². The maximum Gasteiger partial charge on any atom is 0.418 e. The Bertz CT molecular complexity index is 4800. The normalized spacial score (nSPS) is 22.1. The Balaban J connectivity index is 0.000000157. The molecule has 4 aromatic heterocycles. The number of hydrogen-bond acceptors (Lipinski definition) is 29. The fourth-order valence-corrected chi connectivity index (χ4v) is 19.1. The van der Waals surface area contributed by atoms with Crippen molar-refractivity contribution in [1.29, 1.82) is 0 Å². The number of nitrogens with one attached hydrogen (secondary N) is 1. The molecule has 10 fully saturated rings. The molecule has 16 rings (SSSR count). The van der Waals surface area contributed by atoms with Crippen LogP contribution in [0.2, 0.25) is 0 Å². The van der Waals surface area contributed by atoms with Gasteiger partial charge in [0.25, 0.3) is 0 Å². The summed E-state index contributed by atoms with van der Waals surface area (Å²) < 4.78 is 95.5. The number of hydroxylamine groups is 10. The molecule has 42 nitrogen and oxygen atoms in total. The largest absolute Gasteiger partial charge is 0.724 e. The number of amides is 11. The molecule has 14 heterocycles. The number of aryl methyl sites for hydroxylation is 4. The molecule has 44 heteroatoms. The number of hydrogen-bond donors (Lipinski definition) is 3. The molecule has 10 atom stereocenters. The Hall–Kier alpha value is -9.93. The molecule has 11 amide bonds. The number of aromatic nitrogens is 8. The van der Waals surface area contributed by atoms with E-state index < -0.39 is 63.1 Å². The van der Waals surface area contributed by atoms with Gasteiger partial charge >= 0.3 is 40.6 Å². The van der Waals surface area contributed by atoms with E-state index in [1.807, 2.05) is 67.6 Å². The van der Waals surface area contributed by atoms with Crippen molar-refractivity contribution < 1.29 is 105 Å². The van der Waals surface area contributed by atoms with Crippen molar-refractivity contribution in [3.63, 3.8) is 0 Å². The van der Waals surface area contributed by atoms with Crippen LogP contribution in [0.3, 0.4) is 0 Å². The Morgan fingerprint density at radius 3 is 1.07 bits per heavy atom. The zero-order chi connectivity index (χ0) is 96.8. The van der Waals surface area contributed by atoms with E-state index in [0.29, 0.717) is 148 Å². The van der Waals surface area contributed by atoms with Crippen LogP contribution >= 0.6 is 0 Å². The van der Waals surface area contributed by atoms with E-state index in [9.17, 15) is 60.2 Å². The lowest BCUT2D eigenvalue weighted by molar-refractivity contribution is -0.929. The lowest BCUT2D eigenvalue weighted by Gasteiger charge is -2.39. The number of unbranched alkanes of at least 4 members (excludes halogenated alkanes) is 9. The quantitative estimate of drug-likeness (QED) is 0.0138. The average Bonchev–Trinajstić information content (AvgIpc) is 1.62. The van der Waals surface area contributed by atoms with E-state index in [0.717, 1.165) is 119 Å². The molecule has 135 heavy (non-hydrogen) atoms. The molecule has 10 bridgehead atoms. The highest BCUT2D eigenvalue weighted by atomic mass is 32.3. The van der Waals surface area contributed by atoms with Gasteiger partial charge in [-0.2, -0.15) is 33.0 Å². The van der Waals surface area contributed by atoms with Gasteiger partial charge in [0.15, 0.2) is 5.78 Å². The van der Waals surface area contributed by atoms with Crippen LogP contribution in [0.15, 0.2) is 78.3 Å². The minimum Gasteiger partial charge on any atom is -0.724 e. The number of fused-ring (bicyclic) bond motifs is 10. The number of nitrogens with zero attached hydrogens (tertiary/aromatic N) is 19. The molecule has 10 saturated heterocycles. The van der Waals surface area contributed by atoms with E-state index >= 15 is 0 Å². The van der Waals surface area contributed by atoms with Crippen molar-refractivity contribution in [2.75, 3.05) is 65.4 Å². The van der Waals surface area contributed by atoms with Gasteiger partial charge in [-0.3, -0.25) is 29.0 Å². The summed E-state index contributed by atoms with van der Waals surface area (Å²) in [6.45, 7) is 28.3. The molecule has 0 radical (unpaired) electrons. The predicted molar refractivity (Wildman–Crippen MR) is 486 cm³/mol. The van der Waals surface area contributed by atoms with Crippen molar-refractivity contribution in [2.24, 2.45) is 0 Å². The van der Waals surface area contributed by atoms with Gasteiger partial charge in [-0.1, -0.05) is 181 Å². The van der Waals surface area contributed by atoms with Gasteiger partial charge in [0, 0.05) is 64.8 Å². The Morgan fingerprint density at radius 2 is 0.719 bits per heavy atom. The number of benzene rings is 2. The molecule has 6 aromatic rings. The van der Waals surface area contributed by atoms with Gasteiger partial charge in [0.2, 0.25) is 63.4 Å². The summed E-state index contributed by atoms with van der Waals surface area (Å²) in [7, 11) is -9.73. The Labute approximate surface area is 791 Å². The van der Waals surface area contributed by atoms with Gasteiger partial charge < -0.3 is 56.5 Å². The maximum absolute atomic E-state index is 12.8. The molecule has 748 valence electrons. The van der Waals surface area contributed by atoms with Gasteiger partial charge in [0.05, 0.1) is 62.9 Å². The lowest BCUT2D eigenvalue weighted by Crippen LogP contribution is -2.50. The van der Waals surface area contributed by atoms with Gasteiger partial charge in [-0.05, 0) is 133 Å². The number of carbonyl (C=O) groups is 7. The number of urea groups is 5. The Morgan fingerprint density at radius 1 is 0.407 bits per heavy atom. The number of Topliss-reactive ketones (excluding diaryl/α,β-unsaturated/α-hetero) is 1. The summed E-state index contributed by atoms with van der Waals surface area (Å²) in [4.78, 5) is 106. The number of rotatable bonds is 44. The summed E-state index contributed by atoms with van der Waals surface area (Å²) in [5.41, 5.74) is 2.03. The number of carbonyl (C=O) groups excluding carboxylic acids is 7. The smallest absolute Gasteiger partial charge is 0.418 e.